The molecule has 1 atom stereocenters. The first-order valence-corrected chi connectivity index (χ1v) is 10.2. The third kappa shape index (κ3) is 9.73. The number of thioether (sulfide) groups is 1. The van der Waals surface area contributed by atoms with Crippen LogP contribution in [0.25, 0.3) is 0 Å². The van der Waals surface area contributed by atoms with Gasteiger partial charge in [0.1, 0.15) is 5.76 Å². The van der Waals surface area contributed by atoms with Crippen LogP contribution in [0.2, 0.25) is 0 Å². The van der Waals surface area contributed by atoms with Crippen molar-refractivity contribution in [2.45, 2.75) is 40.5 Å². The number of alkyl halides is 1. The van der Waals surface area contributed by atoms with Gasteiger partial charge in [0.2, 0.25) is 6.36 Å². The topological polar surface area (TPSA) is 34.5 Å². The summed E-state index contributed by atoms with van der Waals surface area (Å²) in [6, 6.07) is 2.04. The van der Waals surface area contributed by atoms with Crippen LogP contribution >= 0.6 is 27.7 Å². The number of nitrogens with zero attached hydrogens (tertiary/aromatic N) is 2. The fraction of sp³-hybridized carbons (Fsp3) is 0.333. The van der Waals surface area contributed by atoms with Crippen LogP contribution in [0.4, 0.5) is 4.39 Å². The minimum absolute atomic E-state index is 0.533. The van der Waals surface area contributed by atoms with Gasteiger partial charge in [-0.2, -0.15) is 0 Å². The van der Waals surface area contributed by atoms with E-state index in [2.05, 4.69) is 25.9 Å². The van der Waals surface area contributed by atoms with Crippen molar-refractivity contribution in [3.05, 3.63) is 75.1 Å². The van der Waals surface area contributed by atoms with Crippen LogP contribution in [-0.2, 0) is 11.2 Å². The van der Waals surface area contributed by atoms with Crippen LogP contribution in [0.15, 0.2) is 74.5 Å². The van der Waals surface area contributed by atoms with Gasteiger partial charge in [-0.15, -0.1) is 0 Å². The third-order valence-electron chi connectivity index (χ3n) is 3.34. The average molecular weight is 453 g/mol. The molecule has 146 valence electrons. The number of halogens is 2. The molecular formula is C21H26BrFN2OS. The second-order valence-electron chi connectivity index (χ2n) is 5.82. The first-order valence-electron chi connectivity index (χ1n) is 8.56. The monoisotopic (exact) mass is 452 g/mol. The molecule has 1 aromatic rings. The Morgan fingerprint density at radius 2 is 2.11 bits per heavy atom. The lowest BCUT2D eigenvalue weighted by Gasteiger charge is -2.10. The minimum atomic E-state index is -1.35. The lowest BCUT2D eigenvalue weighted by atomic mass is 10.1. The molecule has 0 aliphatic carbocycles. The van der Waals surface area contributed by atoms with E-state index in [1.165, 1.54) is 6.92 Å². The van der Waals surface area contributed by atoms with Crippen molar-refractivity contribution in [1.82, 2.24) is 4.98 Å². The Balaban J connectivity index is 2.77. The van der Waals surface area contributed by atoms with E-state index in [4.69, 9.17) is 4.74 Å². The number of pyridine rings is 1. The normalized spacial score (nSPS) is 15.4. The summed E-state index contributed by atoms with van der Waals surface area (Å²) in [5.74, 6) is 0.533. The van der Waals surface area contributed by atoms with Gasteiger partial charge in [0.05, 0.1) is 5.04 Å². The van der Waals surface area contributed by atoms with Crippen LogP contribution in [0.1, 0.15) is 33.3 Å². The lowest BCUT2D eigenvalue weighted by molar-refractivity contribution is 0.0272. The maximum Gasteiger partial charge on any atom is 0.235 e. The Hall–Kier alpha value is -1.66. The van der Waals surface area contributed by atoms with E-state index in [-0.39, 0.29) is 0 Å². The first-order chi connectivity index (χ1) is 12.8. The molecule has 0 saturated heterocycles. The molecule has 0 fully saturated rings. The van der Waals surface area contributed by atoms with Gasteiger partial charge in [-0.25, -0.2) is 4.39 Å². The van der Waals surface area contributed by atoms with Crippen LogP contribution in [-0.4, -0.2) is 23.4 Å². The summed E-state index contributed by atoms with van der Waals surface area (Å²) in [5.41, 5.74) is 3.01. The Morgan fingerprint density at radius 1 is 1.37 bits per heavy atom. The second kappa shape index (κ2) is 12.7. The highest BCUT2D eigenvalue weighted by Crippen LogP contribution is 2.18. The van der Waals surface area contributed by atoms with Crippen LogP contribution in [0.5, 0.6) is 0 Å². The summed E-state index contributed by atoms with van der Waals surface area (Å²) in [6.45, 7) is 7.14. The maximum atomic E-state index is 13.2. The number of ether oxygens (including phenoxy) is 1. The molecule has 1 heterocycles. The minimum Gasteiger partial charge on any atom is -0.460 e. The number of rotatable bonds is 8. The van der Waals surface area contributed by atoms with E-state index < -0.39 is 6.36 Å². The number of hydrogen-bond donors (Lipinski definition) is 0. The van der Waals surface area contributed by atoms with E-state index in [0.717, 1.165) is 32.6 Å². The van der Waals surface area contributed by atoms with Gasteiger partial charge < -0.3 is 4.74 Å². The summed E-state index contributed by atoms with van der Waals surface area (Å²) in [4.78, 5) is 8.52. The van der Waals surface area contributed by atoms with Gasteiger partial charge in [-0.1, -0.05) is 35.6 Å². The zero-order valence-electron chi connectivity index (χ0n) is 16.4. The first kappa shape index (κ1) is 23.4. The summed E-state index contributed by atoms with van der Waals surface area (Å²) in [7, 11) is 1.79. The summed E-state index contributed by atoms with van der Waals surface area (Å²) in [6.07, 6.45) is 10.6. The molecule has 0 amide bonds. The van der Waals surface area contributed by atoms with Crippen molar-refractivity contribution >= 4 is 32.7 Å². The molecule has 0 saturated carbocycles. The molecule has 0 spiro atoms. The van der Waals surface area contributed by atoms with Crippen LogP contribution in [0, 0.1) is 0 Å². The smallest absolute Gasteiger partial charge is 0.235 e. The Kier molecular flexibility index (Phi) is 11.0. The predicted octanol–water partition coefficient (Wildman–Crippen LogP) is 6.79. The highest BCUT2D eigenvalue weighted by Gasteiger charge is 2.04. The van der Waals surface area contributed by atoms with Crippen molar-refractivity contribution < 1.29 is 9.13 Å². The molecule has 1 unspecified atom stereocenters. The third-order valence-corrected chi connectivity index (χ3v) is 4.65. The molecule has 0 N–H and O–H groups in total. The molecule has 0 radical (unpaired) electrons. The molecule has 1 rings (SSSR count). The zero-order valence-corrected chi connectivity index (χ0v) is 18.8. The molecule has 0 aliphatic heterocycles. The van der Waals surface area contributed by atoms with Crippen LogP contribution in [0.3, 0.4) is 0 Å². The molecule has 0 aromatic carbocycles. The summed E-state index contributed by atoms with van der Waals surface area (Å²) < 4.78 is 19.3. The Morgan fingerprint density at radius 3 is 2.70 bits per heavy atom. The number of hydrogen-bond acceptors (Lipinski definition) is 4. The van der Waals surface area contributed by atoms with Crippen molar-refractivity contribution in [2.75, 3.05) is 7.05 Å². The van der Waals surface area contributed by atoms with Crippen LogP contribution < -0.4 is 0 Å². The van der Waals surface area contributed by atoms with Crippen molar-refractivity contribution in [3.63, 3.8) is 0 Å². The fourth-order valence-electron chi connectivity index (χ4n) is 2.17. The molecule has 0 bridgehead atoms. The molecule has 1 aromatic heterocycles. The van der Waals surface area contributed by atoms with E-state index in [1.54, 1.807) is 31.1 Å². The van der Waals surface area contributed by atoms with Gasteiger partial charge in [-0.05, 0) is 65.4 Å². The van der Waals surface area contributed by atoms with Gasteiger partial charge in [-0.3, -0.25) is 9.98 Å². The zero-order chi connectivity index (χ0) is 20.2. The lowest BCUT2D eigenvalue weighted by Crippen LogP contribution is -2.00. The molecule has 27 heavy (non-hydrogen) atoms. The second-order valence-corrected chi connectivity index (χ2v) is 7.72. The molecule has 3 nitrogen and oxygen atoms in total. The largest absolute Gasteiger partial charge is 0.460 e. The maximum absolute atomic E-state index is 13.2. The van der Waals surface area contributed by atoms with Crippen molar-refractivity contribution in [2.24, 2.45) is 4.99 Å². The molecular weight excluding hydrogens is 427 g/mol. The van der Waals surface area contributed by atoms with Gasteiger partial charge in [0.15, 0.2) is 0 Å². The number of aliphatic imine (C=N–C) groups is 1. The Bertz CT molecular complexity index is 767. The standard InChI is InChI=1S/C21H26BrFN2OS/c1-6-7-20(26-17(4)23)16(3)10-15(2)8-9-27-21(24-5)12-18-11-19(22)14-25-13-18/h6-11,13-14,17H,12H2,1-5H3/b7-6-,9-8+,15-10+,20-16+,24-21?. The number of aromatic nitrogens is 1. The van der Waals surface area contributed by atoms with Gasteiger partial charge >= 0.3 is 0 Å². The Labute approximate surface area is 174 Å². The number of allylic oxidation sites excluding steroid dienone is 6. The van der Waals surface area contributed by atoms with E-state index in [1.807, 2.05) is 56.7 Å². The van der Waals surface area contributed by atoms with Crippen molar-refractivity contribution in [1.29, 1.82) is 0 Å². The SMILES string of the molecule is C\C=C/C(OC(C)F)=C(C)\C=C(C)\C=C\SC(Cc1cncc(Br)c1)=NC. The highest BCUT2D eigenvalue weighted by atomic mass is 79.9. The predicted molar refractivity (Wildman–Crippen MR) is 119 cm³/mol. The molecule has 0 aliphatic rings. The molecule has 6 heteroatoms. The summed E-state index contributed by atoms with van der Waals surface area (Å²) in [5, 5.41) is 3.00. The highest BCUT2D eigenvalue weighted by molar-refractivity contribution is 9.10. The average Bonchev–Trinajstić information content (AvgIpc) is 2.60. The van der Waals surface area contributed by atoms with Gasteiger partial charge in [0.25, 0.3) is 0 Å². The summed E-state index contributed by atoms with van der Waals surface area (Å²) >= 11 is 5.00. The fourth-order valence-corrected chi connectivity index (χ4v) is 3.38. The van der Waals surface area contributed by atoms with E-state index >= 15 is 0 Å². The van der Waals surface area contributed by atoms with E-state index in [0.29, 0.717) is 5.76 Å². The quantitative estimate of drug-likeness (QED) is 0.188. The van der Waals surface area contributed by atoms with Crippen molar-refractivity contribution in [3.8, 4) is 0 Å². The van der Waals surface area contributed by atoms with E-state index in [9.17, 15) is 4.39 Å². The van der Waals surface area contributed by atoms with Gasteiger partial charge in [0, 0.05) is 37.3 Å².